The lowest BCUT2D eigenvalue weighted by Crippen LogP contribution is -2.49. The van der Waals surface area contributed by atoms with Gasteiger partial charge in [-0.15, -0.1) is 0 Å². The first-order chi connectivity index (χ1) is 10.1. The molecular formula is C17H22N2O2. The van der Waals surface area contributed by atoms with Gasteiger partial charge < -0.3 is 5.73 Å². The smallest absolute Gasteiger partial charge is 0.261 e. The van der Waals surface area contributed by atoms with E-state index in [0.717, 1.165) is 18.4 Å². The molecule has 4 heteroatoms. The zero-order valence-electron chi connectivity index (χ0n) is 12.5. The monoisotopic (exact) mass is 286 g/mol. The summed E-state index contributed by atoms with van der Waals surface area (Å²) in [5, 5.41) is 0. The fourth-order valence-electron chi connectivity index (χ4n) is 3.70. The lowest BCUT2D eigenvalue weighted by atomic mass is 9.83. The number of hydrogen-bond acceptors (Lipinski definition) is 3. The first-order valence-electron chi connectivity index (χ1n) is 7.82. The minimum Gasteiger partial charge on any atom is -0.328 e. The number of imide groups is 1. The van der Waals surface area contributed by atoms with Crippen molar-refractivity contribution < 1.29 is 9.59 Å². The standard InChI is InChI=1S/C17H22N2O2/c1-11-7-8-13-14(9-11)17(21)19(16(13)20)15(10-18)12-5-3-2-4-6-12/h7-9,12,15H,2-6,10,18H2,1H3. The second-order valence-electron chi connectivity index (χ2n) is 6.23. The van der Waals surface area contributed by atoms with Gasteiger partial charge in [-0.05, 0) is 37.8 Å². The van der Waals surface area contributed by atoms with E-state index >= 15 is 0 Å². The molecule has 4 nitrogen and oxygen atoms in total. The normalized spacial score (nSPS) is 20.8. The maximum atomic E-state index is 12.7. The van der Waals surface area contributed by atoms with Gasteiger partial charge in [-0.3, -0.25) is 14.5 Å². The Balaban J connectivity index is 1.92. The first-order valence-corrected chi connectivity index (χ1v) is 7.82. The van der Waals surface area contributed by atoms with Gasteiger partial charge in [-0.25, -0.2) is 0 Å². The van der Waals surface area contributed by atoms with E-state index in [0.29, 0.717) is 23.6 Å². The maximum absolute atomic E-state index is 12.7. The molecule has 0 radical (unpaired) electrons. The Morgan fingerprint density at radius 2 is 1.81 bits per heavy atom. The number of amides is 2. The molecule has 1 heterocycles. The molecule has 1 aliphatic heterocycles. The number of carbonyl (C=O) groups is 2. The average Bonchev–Trinajstić information content (AvgIpc) is 2.74. The number of hydrogen-bond donors (Lipinski definition) is 1. The van der Waals surface area contributed by atoms with E-state index in [4.69, 9.17) is 5.73 Å². The highest BCUT2D eigenvalue weighted by Crippen LogP contribution is 2.33. The topological polar surface area (TPSA) is 63.4 Å². The molecule has 1 unspecified atom stereocenters. The van der Waals surface area contributed by atoms with Crippen LogP contribution in [0.4, 0.5) is 0 Å². The number of aryl methyl sites for hydroxylation is 1. The molecule has 112 valence electrons. The highest BCUT2D eigenvalue weighted by molar-refractivity contribution is 6.21. The summed E-state index contributed by atoms with van der Waals surface area (Å²) in [7, 11) is 0. The van der Waals surface area contributed by atoms with Crippen LogP contribution >= 0.6 is 0 Å². The number of fused-ring (bicyclic) bond motifs is 1. The van der Waals surface area contributed by atoms with E-state index in [1.807, 2.05) is 19.1 Å². The van der Waals surface area contributed by atoms with E-state index in [-0.39, 0.29) is 17.9 Å². The highest BCUT2D eigenvalue weighted by Gasteiger charge is 2.42. The summed E-state index contributed by atoms with van der Waals surface area (Å²) >= 11 is 0. The zero-order chi connectivity index (χ0) is 15.0. The Bertz CT molecular complexity index is 576. The second-order valence-corrected chi connectivity index (χ2v) is 6.23. The first kappa shape index (κ1) is 14.3. The summed E-state index contributed by atoms with van der Waals surface area (Å²) in [5.41, 5.74) is 7.99. The van der Waals surface area contributed by atoms with Crippen LogP contribution in [0, 0.1) is 12.8 Å². The zero-order valence-corrected chi connectivity index (χ0v) is 12.5. The van der Waals surface area contributed by atoms with E-state index in [2.05, 4.69) is 0 Å². The molecule has 0 saturated heterocycles. The Morgan fingerprint density at radius 3 is 2.48 bits per heavy atom. The van der Waals surface area contributed by atoms with Gasteiger partial charge in [0.25, 0.3) is 11.8 Å². The van der Waals surface area contributed by atoms with Crippen LogP contribution in [0.2, 0.25) is 0 Å². The van der Waals surface area contributed by atoms with Gasteiger partial charge >= 0.3 is 0 Å². The molecule has 2 amide bonds. The van der Waals surface area contributed by atoms with Crippen LogP contribution in [-0.2, 0) is 0 Å². The molecule has 1 fully saturated rings. The minimum absolute atomic E-state index is 0.155. The molecule has 3 rings (SSSR count). The Labute approximate surface area is 125 Å². The predicted molar refractivity (Wildman–Crippen MR) is 81.1 cm³/mol. The Kier molecular flexibility index (Phi) is 3.81. The van der Waals surface area contributed by atoms with E-state index in [9.17, 15) is 9.59 Å². The third-order valence-corrected chi connectivity index (χ3v) is 4.84. The van der Waals surface area contributed by atoms with Crippen LogP contribution in [0.25, 0.3) is 0 Å². The van der Waals surface area contributed by atoms with Crippen molar-refractivity contribution in [2.45, 2.75) is 45.1 Å². The Hall–Kier alpha value is -1.68. The molecular weight excluding hydrogens is 264 g/mol. The van der Waals surface area contributed by atoms with E-state index < -0.39 is 0 Å². The molecule has 1 atom stereocenters. The molecule has 2 aliphatic rings. The van der Waals surface area contributed by atoms with Gasteiger partial charge in [0.05, 0.1) is 17.2 Å². The lowest BCUT2D eigenvalue weighted by Gasteiger charge is -2.34. The summed E-state index contributed by atoms with van der Waals surface area (Å²) in [6.07, 6.45) is 5.71. The summed E-state index contributed by atoms with van der Waals surface area (Å²) in [5.74, 6) is 0.0165. The molecule has 1 aromatic rings. The molecule has 1 aliphatic carbocycles. The summed E-state index contributed by atoms with van der Waals surface area (Å²) in [6.45, 7) is 2.29. The van der Waals surface area contributed by atoms with E-state index in [1.165, 1.54) is 24.2 Å². The summed E-state index contributed by atoms with van der Waals surface area (Å²) in [4.78, 5) is 26.7. The van der Waals surface area contributed by atoms with Gasteiger partial charge in [0.2, 0.25) is 0 Å². The molecule has 2 N–H and O–H groups in total. The average molecular weight is 286 g/mol. The third kappa shape index (κ3) is 2.38. The van der Waals surface area contributed by atoms with Crippen molar-refractivity contribution in [2.24, 2.45) is 11.7 Å². The van der Waals surface area contributed by atoms with Crippen LogP contribution in [0.5, 0.6) is 0 Å². The Morgan fingerprint density at radius 1 is 1.14 bits per heavy atom. The lowest BCUT2D eigenvalue weighted by molar-refractivity contribution is 0.0507. The summed E-state index contributed by atoms with van der Waals surface area (Å²) in [6, 6.07) is 5.30. The van der Waals surface area contributed by atoms with Gasteiger partial charge in [0.1, 0.15) is 0 Å². The quantitative estimate of drug-likeness (QED) is 0.868. The van der Waals surface area contributed by atoms with Crippen molar-refractivity contribution in [1.29, 1.82) is 0 Å². The van der Waals surface area contributed by atoms with Crippen molar-refractivity contribution in [3.8, 4) is 0 Å². The van der Waals surface area contributed by atoms with Crippen LogP contribution < -0.4 is 5.73 Å². The fraction of sp³-hybridized carbons (Fsp3) is 0.529. The van der Waals surface area contributed by atoms with Crippen molar-refractivity contribution in [2.75, 3.05) is 6.54 Å². The molecule has 0 aromatic heterocycles. The number of carbonyl (C=O) groups excluding carboxylic acids is 2. The molecule has 1 aromatic carbocycles. The van der Waals surface area contributed by atoms with Gasteiger partial charge in [-0.1, -0.05) is 30.9 Å². The molecule has 21 heavy (non-hydrogen) atoms. The maximum Gasteiger partial charge on any atom is 0.261 e. The van der Waals surface area contributed by atoms with Crippen molar-refractivity contribution in [1.82, 2.24) is 4.90 Å². The summed E-state index contributed by atoms with van der Waals surface area (Å²) < 4.78 is 0. The second kappa shape index (κ2) is 5.60. The van der Waals surface area contributed by atoms with E-state index in [1.54, 1.807) is 6.07 Å². The van der Waals surface area contributed by atoms with Crippen molar-refractivity contribution in [3.63, 3.8) is 0 Å². The SMILES string of the molecule is Cc1ccc2c(c1)C(=O)N(C(CN)C1CCCCC1)C2=O. The molecule has 0 bridgehead atoms. The van der Waals surface area contributed by atoms with Crippen LogP contribution in [-0.4, -0.2) is 29.3 Å². The molecule has 1 saturated carbocycles. The van der Waals surface area contributed by atoms with Gasteiger partial charge in [0, 0.05) is 6.54 Å². The number of benzene rings is 1. The van der Waals surface area contributed by atoms with Crippen molar-refractivity contribution >= 4 is 11.8 Å². The van der Waals surface area contributed by atoms with Crippen molar-refractivity contribution in [3.05, 3.63) is 34.9 Å². The van der Waals surface area contributed by atoms with Gasteiger partial charge in [0.15, 0.2) is 0 Å². The van der Waals surface area contributed by atoms with Crippen LogP contribution in [0.15, 0.2) is 18.2 Å². The minimum atomic E-state index is -0.170. The number of nitrogens with zero attached hydrogens (tertiary/aromatic N) is 1. The fourth-order valence-corrected chi connectivity index (χ4v) is 3.70. The predicted octanol–water partition coefficient (Wildman–Crippen LogP) is 2.50. The largest absolute Gasteiger partial charge is 0.328 e. The van der Waals surface area contributed by atoms with Crippen LogP contribution in [0.3, 0.4) is 0 Å². The van der Waals surface area contributed by atoms with Crippen LogP contribution in [0.1, 0.15) is 58.4 Å². The van der Waals surface area contributed by atoms with Gasteiger partial charge in [-0.2, -0.15) is 0 Å². The number of nitrogens with two attached hydrogens (primary N) is 1. The molecule has 0 spiro atoms. The highest BCUT2D eigenvalue weighted by atomic mass is 16.2. The number of rotatable bonds is 3. The third-order valence-electron chi connectivity index (χ3n) is 4.84.